The Morgan fingerprint density at radius 1 is 0.489 bits per heavy atom. The van der Waals surface area contributed by atoms with Crippen molar-refractivity contribution in [3.05, 3.63) is 113 Å². The van der Waals surface area contributed by atoms with Crippen LogP contribution in [0.1, 0.15) is 0 Å². The minimum absolute atomic E-state index is 0. The van der Waals surface area contributed by atoms with E-state index in [4.69, 9.17) is 15.0 Å². The van der Waals surface area contributed by atoms with Crippen molar-refractivity contribution in [3.63, 3.8) is 0 Å². The van der Waals surface area contributed by atoms with E-state index < -0.39 is 0 Å². The molecule has 0 bridgehead atoms. The van der Waals surface area contributed by atoms with Crippen molar-refractivity contribution in [1.29, 1.82) is 0 Å². The molecule has 0 radical (unpaired) electrons. The monoisotopic (exact) mass is 778 g/mol. The summed E-state index contributed by atoms with van der Waals surface area (Å²) in [6, 6.07) is 14.2. The number of hydrogen-bond acceptors (Lipinski definition) is 11. The van der Waals surface area contributed by atoms with Gasteiger partial charge in [-0.25, -0.2) is 10.8 Å². The van der Waals surface area contributed by atoms with Crippen LogP contribution in [0.3, 0.4) is 0 Å². The predicted octanol–water partition coefficient (Wildman–Crippen LogP) is 3.53. The van der Waals surface area contributed by atoms with Gasteiger partial charge in [0.05, 0.1) is 0 Å². The summed E-state index contributed by atoms with van der Waals surface area (Å²) in [6.07, 6.45) is 19.4. The summed E-state index contributed by atoms with van der Waals surface area (Å²) in [7, 11) is 7.90. The zero-order valence-electron chi connectivity index (χ0n) is 24.6. The Hall–Kier alpha value is -4.07. The summed E-state index contributed by atoms with van der Waals surface area (Å²) >= 11 is 0. The van der Waals surface area contributed by atoms with Crippen LogP contribution in [0, 0.1) is 50.9 Å². The van der Waals surface area contributed by atoms with E-state index in [2.05, 4.69) is 28.8 Å². The zero-order valence-corrected chi connectivity index (χ0v) is 27.7. The largest absolute Gasteiger partial charge is 0.510 e. The Morgan fingerprint density at radius 2 is 0.844 bits per heavy atom. The molecule has 0 amide bonds. The van der Waals surface area contributed by atoms with E-state index in [1.165, 1.54) is 0 Å². The number of pyridine rings is 3. The number of rotatable bonds is 5. The normalized spacial score (nSPS) is 17.2. The fourth-order valence-electron chi connectivity index (χ4n) is 5.19. The number of fused-ring (bicyclic) bond motifs is 3. The number of hydrogen-bond donors (Lipinski definition) is 0. The molecule has 238 valence electrons. The molecule has 4 aliphatic rings. The van der Waals surface area contributed by atoms with E-state index >= 15 is 0 Å². The first-order valence-corrected chi connectivity index (χ1v) is 13.6. The molecule has 4 aromatic heterocycles. The van der Waals surface area contributed by atoms with Crippen LogP contribution in [0.25, 0.3) is 27.5 Å². The van der Waals surface area contributed by atoms with Gasteiger partial charge in [0.15, 0.2) is 0 Å². The van der Waals surface area contributed by atoms with Crippen molar-refractivity contribution >= 4 is 45.1 Å². The maximum atomic E-state index is 4.92. The van der Waals surface area contributed by atoms with Crippen molar-refractivity contribution in [2.75, 3.05) is 47.8 Å². The van der Waals surface area contributed by atoms with Gasteiger partial charge >= 0.3 is 0 Å². The second-order valence-corrected chi connectivity index (χ2v) is 10.6. The third kappa shape index (κ3) is 5.53. The molecule has 0 unspecified atom stereocenters. The maximum absolute atomic E-state index is 4.92. The molecule has 0 spiro atoms. The Balaban J connectivity index is 0.00000179. The minimum Gasteiger partial charge on any atom is -0.510 e. The van der Waals surface area contributed by atoms with E-state index in [0.717, 1.165) is 21.8 Å². The van der Waals surface area contributed by atoms with Crippen LogP contribution in [0.2, 0.25) is 0 Å². The average Bonchev–Trinajstić information content (AvgIpc) is 3.84. The second kappa shape index (κ2) is 12.0. The molecular weight excluding hydrogens is 753 g/mol. The Bertz CT molecular complexity index is 1740. The van der Waals surface area contributed by atoms with Gasteiger partial charge in [-0.1, -0.05) is 24.0 Å². The molecule has 0 saturated carbocycles. The molecule has 0 aliphatic carbocycles. The molecule has 0 aromatic carbocycles. The fourth-order valence-corrected chi connectivity index (χ4v) is 5.19. The Labute approximate surface area is 290 Å². The van der Waals surface area contributed by atoms with Gasteiger partial charge in [-0.2, -0.15) is 38.8 Å². The summed E-state index contributed by atoms with van der Waals surface area (Å²) in [6.45, 7) is 7.81. The molecule has 0 atom stereocenters. The molecule has 4 aliphatic heterocycles. The van der Waals surface area contributed by atoms with E-state index in [1.807, 2.05) is 156 Å². The molecule has 0 fully saturated rings. The first-order chi connectivity index (χ1) is 20.9. The van der Waals surface area contributed by atoms with E-state index in [0.29, 0.717) is 29.0 Å². The molecule has 0 saturated heterocycles. The van der Waals surface area contributed by atoms with E-state index in [9.17, 15) is 0 Å². The third-order valence-electron chi connectivity index (χ3n) is 7.29. The molecule has 14 heteroatoms. The summed E-state index contributed by atoms with van der Waals surface area (Å²) in [4.78, 5) is 30.0. The molecule has 8 rings (SSSR count). The maximum Gasteiger partial charge on any atom is 0.0112 e. The van der Waals surface area contributed by atoms with E-state index in [1.54, 1.807) is 0 Å². The molecular formula is C31H26N12Pd2-8. The zero-order chi connectivity index (χ0) is 29.2. The SMILES string of the molecule is CN1C=CN(c2[c-]c3c(cn2)c2cnc(N4C=CN(C)[CH-]4)[c-]c2n3-c2[c-]c(N3C=CN(C)[CH-]3)nc(N3C=CN(C)[CH-]3)[c-]2)[CH-]1.[Pd].[Pd]. The van der Waals surface area contributed by atoms with Crippen molar-refractivity contribution < 1.29 is 40.8 Å². The van der Waals surface area contributed by atoms with Gasteiger partial charge in [0, 0.05) is 52.5 Å². The van der Waals surface area contributed by atoms with Crippen LogP contribution in [0.4, 0.5) is 23.3 Å². The van der Waals surface area contributed by atoms with Crippen LogP contribution < -0.4 is 19.6 Å². The third-order valence-corrected chi connectivity index (χ3v) is 7.29. The van der Waals surface area contributed by atoms with Crippen molar-refractivity contribution in [3.8, 4) is 5.69 Å². The Morgan fingerprint density at radius 3 is 1.18 bits per heavy atom. The van der Waals surface area contributed by atoms with Gasteiger partial charge < -0.3 is 61.6 Å². The minimum atomic E-state index is 0. The van der Waals surface area contributed by atoms with Crippen LogP contribution in [0.15, 0.2) is 62.0 Å². The number of aromatic nitrogens is 4. The van der Waals surface area contributed by atoms with Crippen molar-refractivity contribution in [2.24, 2.45) is 0 Å². The van der Waals surface area contributed by atoms with Crippen molar-refractivity contribution in [1.82, 2.24) is 39.1 Å². The smallest absolute Gasteiger partial charge is 0.0112 e. The summed E-state index contributed by atoms with van der Waals surface area (Å²) in [5.74, 6) is 2.56. The van der Waals surface area contributed by atoms with Gasteiger partial charge in [-0.3, -0.25) is 15.0 Å². The topological polar surface area (TPSA) is 69.5 Å². The van der Waals surface area contributed by atoms with Gasteiger partial charge in [0.1, 0.15) is 0 Å². The van der Waals surface area contributed by atoms with Crippen LogP contribution >= 0.6 is 0 Å². The van der Waals surface area contributed by atoms with E-state index in [-0.39, 0.29) is 40.8 Å². The summed E-state index contributed by atoms with van der Waals surface area (Å²) < 4.78 is 2.07. The van der Waals surface area contributed by atoms with Crippen molar-refractivity contribution in [2.45, 2.75) is 0 Å². The first kappa shape index (κ1) is 30.9. The summed E-state index contributed by atoms with van der Waals surface area (Å²) in [5.41, 5.74) is 2.26. The number of nitrogens with zero attached hydrogens (tertiary/aromatic N) is 12. The van der Waals surface area contributed by atoms with Crippen LogP contribution in [0.5, 0.6) is 0 Å². The van der Waals surface area contributed by atoms with Crippen LogP contribution in [-0.4, -0.2) is 67.3 Å². The average molecular weight is 779 g/mol. The summed E-state index contributed by atoms with van der Waals surface area (Å²) in [5, 5.41) is 1.79. The van der Waals surface area contributed by atoms with Crippen LogP contribution in [-0.2, 0) is 40.8 Å². The second-order valence-electron chi connectivity index (χ2n) is 10.6. The predicted molar refractivity (Wildman–Crippen MR) is 164 cm³/mol. The molecule has 12 nitrogen and oxygen atoms in total. The van der Waals surface area contributed by atoms with Gasteiger partial charge in [-0.15, -0.1) is 11.0 Å². The fraction of sp³-hybridized carbons (Fsp3) is 0.129. The Kier molecular flexibility index (Phi) is 8.27. The van der Waals surface area contributed by atoms with Gasteiger partial charge in [-0.05, 0) is 77.8 Å². The number of anilines is 4. The quantitative estimate of drug-likeness (QED) is 0.221. The van der Waals surface area contributed by atoms with Gasteiger partial charge in [0.2, 0.25) is 0 Å². The molecule has 4 aromatic rings. The standard InChI is InChI=1S/C31H26N12.2Pd/c1-35-5-9-39(19-35)28-15-26-24(17-32-28)25-18-33-29(40-10-6-36(2)20-40)16-27(25)43(26)23-13-30(41-11-7-37(3)21-41)34-31(14-23)42-12-8-38(4)22-42;;/h5-12,17-22H,1-4H3;;/q-8;;. The molecule has 0 N–H and O–H groups in total. The first-order valence-electron chi connectivity index (χ1n) is 13.6. The molecule has 45 heavy (non-hydrogen) atoms. The molecule has 8 heterocycles. The van der Waals surface area contributed by atoms with Gasteiger partial charge in [0.25, 0.3) is 0 Å².